The fourth-order valence-electron chi connectivity index (χ4n) is 2.88. The Bertz CT molecular complexity index is 831. The van der Waals surface area contributed by atoms with Crippen molar-refractivity contribution in [1.29, 1.82) is 0 Å². The van der Waals surface area contributed by atoms with Crippen molar-refractivity contribution in [3.8, 4) is 5.75 Å². The van der Waals surface area contributed by atoms with Crippen molar-refractivity contribution < 1.29 is 28.7 Å². The largest absolute Gasteiger partial charge is 0.495 e. The van der Waals surface area contributed by atoms with Crippen LogP contribution in [0.2, 0.25) is 0 Å². The summed E-state index contributed by atoms with van der Waals surface area (Å²) in [6, 6.07) is 3.46. The third-order valence-corrected chi connectivity index (χ3v) is 4.15. The summed E-state index contributed by atoms with van der Waals surface area (Å²) in [6.45, 7) is 1.37. The van der Waals surface area contributed by atoms with Gasteiger partial charge >= 0.3 is 5.97 Å². The Labute approximate surface area is 142 Å². The molecule has 2 amide bonds. The number of carbonyl (C=O) groups excluding carboxylic acids is 4. The van der Waals surface area contributed by atoms with E-state index in [2.05, 4.69) is 15.3 Å². The van der Waals surface area contributed by atoms with Gasteiger partial charge in [0.25, 0.3) is 5.91 Å². The fourth-order valence-corrected chi connectivity index (χ4v) is 2.88. The smallest absolute Gasteiger partial charge is 0.355 e. The van der Waals surface area contributed by atoms with Gasteiger partial charge in [-0.3, -0.25) is 19.8 Å². The van der Waals surface area contributed by atoms with Crippen LogP contribution in [0.3, 0.4) is 0 Å². The number of rotatable bonds is 4. The number of Topliss-reactive ketones (excluding diaryl/α,β-unsaturated/α-hetero) is 1. The van der Waals surface area contributed by atoms with Crippen LogP contribution in [0.1, 0.15) is 17.3 Å². The number of ether oxygens (including phenoxy) is 2. The Morgan fingerprint density at radius 1 is 1.20 bits per heavy atom. The van der Waals surface area contributed by atoms with Gasteiger partial charge in [-0.25, -0.2) is 9.69 Å². The van der Waals surface area contributed by atoms with E-state index >= 15 is 0 Å². The van der Waals surface area contributed by atoms with E-state index in [1.54, 1.807) is 0 Å². The molecule has 0 spiro atoms. The minimum absolute atomic E-state index is 0.144. The molecule has 0 unspecified atom stereocenters. The monoisotopic (exact) mass is 345 g/mol. The second-order valence-corrected chi connectivity index (χ2v) is 5.53. The normalized spacial score (nSPS) is 21.6. The van der Waals surface area contributed by atoms with Gasteiger partial charge in [0.15, 0.2) is 11.5 Å². The van der Waals surface area contributed by atoms with Crippen LogP contribution >= 0.6 is 0 Å². The van der Waals surface area contributed by atoms with E-state index in [0.29, 0.717) is 5.56 Å². The highest BCUT2D eigenvalue weighted by molar-refractivity contribution is 6.46. The third-order valence-electron chi connectivity index (χ3n) is 4.15. The lowest BCUT2D eigenvalue weighted by Crippen LogP contribution is -2.36. The first kappa shape index (κ1) is 16.6. The Hall–Kier alpha value is -3.23. The summed E-state index contributed by atoms with van der Waals surface area (Å²) in [5, 5.41) is 3.75. The van der Waals surface area contributed by atoms with Crippen molar-refractivity contribution in [3.63, 3.8) is 0 Å². The van der Waals surface area contributed by atoms with E-state index in [0.717, 1.165) is 12.0 Å². The number of carbonyl (C=O) groups is 4. The molecule has 9 heteroatoms. The summed E-state index contributed by atoms with van der Waals surface area (Å²) in [5.41, 5.74) is 2.82. The van der Waals surface area contributed by atoms with Gasteiger partial charge in [-0.2, -0.15) is 5.10 Å². The molecule has 2 heterocycles. The average molecular weight is 345 g/mol. The van der Waals surface area contributed by atoms with Crippen LogP contribution in [-0.4, -0.2) is 49.5 Å². The quantitative estimate of drug-likeness (QED) is 0.460. The number of hydrazone groups is 1. The Balaban J connectivity index is 2.05. The highest BCUT2D eigenvalue weighted by atomic mass is 16.5. The minimum atomic E-state index is -1.08. The zero-order chi connectivity index (χ0) is 18.3. The van der Waals surface area contributed by atoms with Gasteiger partial charge in [-0.15, -0.1) is 0 Å². The van der Waals surface area contributed by atoms with Crippen LogP contribution in [0.25, 0.3) is 0 Å². The van der Waals surface area contributed by atoms with Crippen molar-refractivity contribution in [1.82, 2.24) is 5.43 Å². The van der Waals surface area contributed by atoms with Crippen LogP contribution < -0.4 is 15.1 Å². The molecule has 130 valence electrons. The molecule has 1 aromatic carbocycles. The predicted octanol–water partition coefficient (Wildman–Crippen LogP) is -0.112. The molecule has 0 radical (unpaired) electrons. The molecule has 1 N–H and O–H groups in total. The number of methoxy groups -OCH3 is 2. The molecule has 1 aromatic rings. The molecule has 1 fully saturated rings. The van der Waals surface area contributed by atoms with Gasteiger partial charge in [-0.1, -0.05) is 0 Å². The van der Waals surface area contributed by atoms with Crippen LogP contribution in [0.15, 0.2) is 23.3 Å². The van der Waals surface area contributed by atoms with Crippen molar-refractivity contribution in [2.45, 2.75) is 13.0 Å². The molecule has 0 saturated carbocycles. The highest BCUT2D eigenvalue weighted by Gasteiger charge is 2.56. The van der Waals surface area contributed by atoms with Crippen molar-refractivity contribution in [2.75, 3.05) is 19.1 Å². The molecule has 0 bridgehead atoms. The van der Waals surface area contributed by atoms with Crippen LogP contribution in [0, 0.1) is 5.92 Å². The number of hydrogen-bond donors (Lipinski definition) is 1. The molecule has 25 heavy (non-hydrogen) atoms. The SMILES string of the molecule is COC(=O)C1=NN[C@@H]2C(=O)N(c3cc(C(C)=O)ccc3OC)C(=O)[C@H]12. The second-order valence-electron chi connectivity index (χ2n) is 5.53. The zero-order valence-corrected chi connectivity index (χ0v) is 13.7. The number of anilines is 1. The number of esters is 1. The molecule has 0 aromatic heterocycles. The number of benzene rings is 1. The maximum atomic E-state index is 12.8. The van der Waals surface area contributed by atoms with E-state index in [4.69, 9.17) is 4.74 Å². The molecule has 2 aliphatic rings. The highest BCUT2D eigenvalue weighted by Crippen LogP contribution is 2.36. The van der Waals surface area contributed by atoms with Gasteiger partial charge in [-0.05, 0) is 25.1 Å². The summed E-state index contributed by atoms with van der Waals surface area (Å²) in [5.74, 6) is -3.06. The number of fused-ring (bicyclic) bond motifs is 1. The molecule has 2 atom stereocenters. The number of amides is 2. The number of nitrogens with one attached hydrogen (secondary N) is 1. The molecule has 2 aliphatic heterocycles. The first-order valence-electron chi connectivity index (χ1n) is 7.39. The summed E-state index contributed by atoms with van der Waals surface area (Å²) >= 11 is 0. The maximum absolute atomic E-state index is 12.8. The predicted molar refractivity (Wildman–Crippen MR) is 85.4 cm³/mol. The van der Waals surface area contributed by atoms with Gasteiger partial charge < -0.3 is 9.47 Å². The second kappa shape index (κ2) is 6.00. The molecular weight excluding hydrogens is 330 g/mol. The van der Waals surface area contributed by atoms with E-state index in [1.807, 2.05) is 0 Å². The Kier molecular flexibility index (Phi) is 3.99. The van der Waals surface area contributed by atoms with Gasteiger partial charge in [0.2, 0.25) is 5.91 Å². The first-order chi connectivity index (χ1) is 11.9. The fraction of sp³-hybridized carbons (Fsp3) is 0.312. The Morgan fingerprint density at radius 3 is 2.52 bits per heavy atom. The molecule has 1 saturated heterocycles. The standard InChI is InChI=1S/C16H15N3O6/c1-7(20)8-4-5-10(24-2)9(6-8)19-14(21)11-12(15(19)22)17-18-13(11)16(23)25-3/h4-6,11-12,17H,1-3H3/t11-,12-/m0/s1. The van der Waals surface area contributed by atoms with E-state index in [1.165, 1.54) is 32.2 Å². The maximum Gasteiger partial charge on any atom is 0.355 e. The molecular formula is C16H15N3O6. The third kappa shape index (κ3) is 2.44. The molecule has 3 rings (SSSR count). The van der Waals surface area contributed by atoms with Gasteiger partial charge in [0.05, 0.1) is 19.9 Å². The zero-order valence-electron chi connectivity index (χ0n) is 13.7. The number of imide groups is 1. The van der Waals surface area contributed by atoms with Crippen molar-refractivity contribution >= 4 is 35.0 Å². The minimum Gasteiger partial charge on any atom is -0.495 e. The topological polar surface area (TPSA) is 114 Å². The summed E-state index contributed by atoms with van der Waals surface area (Å²) in [4.78, 5) is 49.8. The Morgan fingerprint density at radius 2 is 1.92 bits per heavy atom. The summed E-state index contributed by atoms with van der Waals surface area (Å²) in [6.07, 6.45) is 0. The van der Waals surface area contributed by atoms with Crippen LogP contribution in [0.4, 0.5) is 5.69 Å². The van der Waals surface area contributed by atoms with Crippen molar-refractivity contribution in [3.05, 3.63) is 23.8 Å². The molecule has 9 nitrogen and oxygen atoms in total. The van der Waals surface area contributed by atoms with Gasteiger partial charge in [0, 0.05) is 5.56 Å². The van der Waals surface area contributed by atoms with Gasteiger partial charge in [0.1, 0.15) is 17.7 Å². The van der Waals surface area contributed by atoms with E-state index < -0.39 is 29.7 Å². The average Bonchev–Trinajstić information content (AvgIpc) is 3.14. The lowest BCUT2D eigenvalue weighted by atomic mass is 9.99. The van der Waals surface area contributed by atoms with Crippen LogP contribution in [-0.2, 0) is 19.1 Å². The lowest BCUT2D eigenvalue weighted by molar-refractivity contribution is -0.133. The summed E-state index contributed by atoms with van der Waals surface area (Å²) in [7, 11) is 2.55. The van der Waals surface area contributed by atoms with E-state index in [9.17, 15) is 19.2 Å². The number of nitrogens with zero attached hydrogens (tertiary/aromatic N) is 2. The summed E-state index contributed by atoms with van der Waals surface area (Å²) < 4.78 is 9.81. The van der Waals surface area contributed by atoms with Crippen molar-refractivity contribution in [2.24, 2.45) is 11.0 Å². The number of hydrogen-bond acceptors (Lipinski definition) is 8. The van der Waals surface area contributed by atoms with Crippen LogP contribution in [0.5, 0.6) is 5.75 Å². The number of ketones is 1. The molecule has 0 aliphatic carbocycles. The first-order valence-corrected chi connectivity index (χ1v) is 7.39. The van der Waals surface area contributed by atoms with E-state index in [-0.39, 0.29) is 22.9 Å². The lowest BCUT2D eigenvalue weighted by Gasteiger charge is -2.19.